The number of carboxylic acid groups (broad SMARTS) is 1. The molecule has 0 spiro atoms. The van der Waals surface area contributed by atoms with Crippen LogP contribution in [-0.2, 0) is 4.74 Å². The summed E-state index contributed by atoms with van der Waals surface area (Å²) in [4.78, 5) is 9.03. The van der Waals surface area contributed by atoms with Crippen LogP contribution in [0.5, 0.6) is 0 Å². The molecule has 0 N–H and O–H groups in total. The number of likely N-dealkylation sites (tertiary alicyclic amines) is 1. The van der Waals surface area contributed by atoms with Gasteiger partial charge in [0.05, 0.1) is 26.7 Å². The summed E-state index contributed by atoms with van der Waals surface area (Å²) in [7, 11) is 3.39. The first-order chi connectivity index (χ1) is 6.04. The van der Waals surface area contributed by atoms with Gasteiger partial charge >= 0.3 is 0 Å². The number of ether oxygens (including phenoxy) is 1. The van der Waals surface area contributed by atoms with E-state index in [2.05, 4.69) is 18.7 Å². The SMILES string of the molecule is CC[N+]1(C)CCCC1.COC(=O)[O-]. The van der Waals surface area contributed by atoms with Gasteiger partial charge in [-0.3, -0.25) is 0 Å². The molecule has 0 radical (unpaired) electrons. The number of quaternary nitrogens is 1. The van der Waals surface area contributed by atoms with Crippen molar-refractivity contribution in [2.45, 2.75) is 19.8 Å². The van der Waals surface area contributed by atoms with Crippen LogP contribution in [0.3, 0.4) is 0 Å². The minimum Gasteiger partial charge on any atom is -0.553 e. The molecule has 0 unspecified atom stereocenters. The number of rotatable bonds is 1. The van der Waals surface area contributed by atoms with E-state index in [9.17, 15) is 0 Å². The first kappa shape index (κ1) is 12.2. The summed E-state index contributed by atoms with van der Waals surface area (Å²) < 4.78 is 4.88. The molecule has 0 aromatic carbocycles. The molecule has 13 heavy (non-hydrogen) atoms. The van der Waals surface area contributed by atoms with Crippen LogP contribution in [-0.4, -0.2) is 44.4 Å². The Morgan fingerprint density at radius 2 is 1.85 bits per heavy atom. The van der Waals surface area contributed by atoms with Crippen molar-refractivity contribution in [2.75, 3.05) is 33.8 Å². The van der Waals surface area contributed by atoms with E-state index in [1.165, 1.54) is 37.0 Å². The Morgan fingerprint density at radius 1 is 1.46 bits per heavy atom. The number of nitrogens with zero attached hydrogens (tertiary/aromatic N) is 1. The number of methoxy groups -OCH3 is 1. The number of hydrogen-bond acceptors (Lipinski definition) is 3. The van der Waals surface area contributed by atoms with E-state index in [-0.39, 0.29) is 0 Å². The number of carbonyl (C=O) groups excluding carboxylic acids is 1. The zero-order valence-electron chi connectivity index (χ0n) is 8.71. The molecule has 1 fully saturated rings. The predicted molar refractivity (Wildman–Crippen MR) is 48.1 cm³/mol. The smallest absolute Gasteiger partial charge is 0.251 e. The van der Waals surface area contributed by atoms with Gasteiger partial charge in [0.1, 0.15) is 0 Å². The van der Waals surface area contributed by atoms with Crippen molar-refractivity contribution >= 4 is 6.16 Å². The maximum Gasteiger partial charge on any atom is 0.251 e. The van der Waals surface area contributed by atoms with Gasteiger partial charge in [0.25, 0.3) is 6.16 Å². The van der Waals surface area contributed by atoms with Crippen molar-refractivity contribution < 1.29 is 19.1 Å². The highest BCUT2D eigenvalue weighted by atomic mass is 16.6. The van der Waals surface area contributed by atoms with Gasteiger partial charge in [0.2, 0.25) is 0 Å². The Bertz CT molecular complexity index is 153. The molecule has 0 saturated carbocycles. The molecule has 4 heteroatoms. The molecule has 78 valence electrons. The molecule has 1 heterocycles. The van der Waals surface area contributed by atoms with Crippen LogP contribution in [0.15, 0.2) is 0 Å². The lowest BCUT2D eigenvalue weighted by atomic mass is 10.4. The molecular weight excluding hydrogens is 170 g/mol. The Labute approximate surface area is 79.7 Å². The Morgan fingerprint density at radius 3 is 2.00 bits per heavy atom. The average Bonchev–Trinajstić information content (AvgIpc) is 2.54. The van der Waals surface area contributed by atoms with Gasteiger partial charge in [-0.15, -0.1) is 0 Å². The van der Waals surface area contributed by atoms with Gasteiger partial charge in [0, 0.05) is 20.0 Å². The van der Waals surface area contributed by atoms with E-state index in [0.29, 0.717) is 0 Å². The second kappa shape index (κ2) is 5.80. The highest BCUT2D eigenvalue weighted by Crippen LogP contribution is 2.14. The molecule has 0 aliphatic carbocycles. The summed E-state index contributed by atoms with van der Waals surface area (Å²) in [5.74, 6) is 0. The maximum absolute atomic E-state index is 9.03. The quantitative estimate of drug-likeness (QED) is 0.438. The fourth-order valence-electron chi connectivity index (χ4n) is 1.42. The zero-order valence-corrected chi connectivity index (χ0v) is 8.71. The molecule has 1 aliphatic heterocycles. The van der Waals surface area contributed by atoms with Crippen molar-refractivity contribution in [3.05, 3.63) is 0 Å². The highest BCUT2D eigenvalue weighted by molar-refractivity contribution is 5.53. The minimum absolute atomic E-state index is 1.04. The van der Waals surface area contributed by atoms with Crippen LogP contribution in [0.1, 0.15) is 19.8 Å². The van der Waals surface area contributed by atoms with Gasteiger partial charge in [-0.25, -0.2) is 0 Å². The minimum atomic E-state index is -1.50. The zero-order chi connectivity index (χ0) is 10.3. The van der Waals surface area contributed by atoms with Crippen LogP contribution >= 0.6 is 0 Å². The summed E-state index contributed by atoms with van der Waals surface area (Å²) in [6.07, 6.45) is 1.40. The summed E-state index contributed by atoms with van der Waals surface area (Å²) in [6.45, 7) is 6.43. The molecule has 0 amide bonds. The molecule has 1 aliphatic rings. The van der Waals surface area contributed by atoms with Gasteiger partial charge in [-0.05, 0) is 6.92 Å². The predicted octanol–water partition coefficient (Wildman–Crippen LogP) is 0.223. The van der Waals surface area contributed by atoms with Crippen molar-refractivity contribution in [1.82, 2.24) is 0 Å². The standard InChI is InChI=1S/C7H16N.C2H4O3/c1-3-8(2)6-4-5-7-8;1-5-2(3)4/h3-7H2,1-2H3;1H3,(H,3,4)/q+1;/p-1. The maximum atomic E-state index is 9.03. The third-order valence-electron chi connectivity index (χ3n) is 2.58. The molecule has 0 atom stereocenters. The molecule has 4 nitrogen and oxygen atoms in total. The van der Waals surface area contributed by atoms with E-state index in [1.54, 1.807) is 0 Å². The van der Waals surface area contributed by atoms with Crippen LogP contribution in [0, 0.1) is 0 Å². The summed E-state index contributed by atoms with van der Waals surface area (Å²) in [6, 6.07) is 0. The second-order valence-corrected chi connectivity index (χ2v) is 3.54. The Hall–Kier alpha value is -0.770. The van der Waals surface area contributed by atoms with E-state index in [1.807, 2.05) is 0 Å². The molecule has 1 rings (SSSR count). The van der Waals surface area contributed by atoms with E-state index in [4.69, 9.17) is 9.90 Å². The lowest BCUT2D eigenvalue weighted by Gasteiger charge is -2.26. The van der Waals surface area contributed by atoms with Crippen molar-refractivity contribution in [1.29, 1.82) is 0 Å². The van der Waals surface area contributed by atoms with E-state index in [0.717, 1.165) is 7.11 Å². The third kappa shape index (κ3) is 5.47. The first-order valence-corrected chi connectivity index (χ1v) is 4.62. The summed E-state index contributed by atoms with van der Waals surface area (Å²) in [5.41, 5.74) is 0. The Balaban J connectivity index is 0.000000252. The first-order valence-electron chi connectivity index (χ1n) is 4.62. The van der Waals surface area contributed by atoms with Gasteiger partial charge in [-0.1, -0.05) is 0 Å². The van der Waals surface area contributed by atoms with Gasteiger partial charge in [-0.2, -0.15) is 0 Å². The van der Waals surface area contributed by atoms with E-state index >= 15 is 0 Å². The third-order valence-corrected chi connectivity index (χ3v) is 2.58. The average molecular weight is 189 g/mol. The highest BCUT2D eigenvalue weighted by Gasteiger charge is 2.23. The fourth-order valence-corrected chi connectivity index (χ4v) is 1.42. The van der Waals surface area contributed by atoms with Crippen LogP contribution in [0.4, 0.5) is 4.79 Å². The van der Waals surface area contributed by atoms with Gasteiger partial charge < -0.3 is 19.1 Å². The fraction of sp³-hybridized carbons (Fsp3) is 0.889. The van der Waals surface area contributed by atoms with Crippen LogP contribution < -0.4 is 5.11 Å². The molecule has 0 aromatic heterocycles. The van der Waals surface area contributed by atoms with E-state index < -0.39 is 6.16 Å². The molecule has 0 aromatic rings. The van der Waals surface area contributed by atoms with Gasteiger partial charge in [0.15, 0.2) is 0 Å². The number of carbonyl (C=O) groups is 1. The van der Waals surface area contributed by atoms with Crippen LogP contribution in [0.25, 0.3) is 0 Å². The lowest BCUT2D eigenvalue weighted by molar-refractivity contribution is -0.895. The second-order valence-electron chi connectivity index (χ2n) is 3.54. The molecule has 1 saturated heterocycles. The van der Waals surface area contributed by atoms with Crippen molar-refractivity contribution in [3.8, 4) is 0 Å². The molecule has 0 bridgehead atoms. The number of hydrogen-bond donors (Lipinski definition) is 0. The Kier molecular flexibility index (Phi) is 5.46. The summed E-state index contributed by atoms with van der Waals surface area (Å²) >= 11 is 0. The monoisotopic (exact) mass is 189 g/mol. The topological polar surface area (TPSA) is 49.4 Å². The normalized spacial score (nSPS) is 18.7. The lowest BCUT2D eigenvalue weighted by Crippen LogP contribution is -2.40. The van der Waals surface area contributed by atoms with Crippen LogP contribution in [0.2, 0.25) is 0 Å². The molecular formula is C9H19NO3. The largest absolute Gasteiger partial charge is 0.553 e. The van der Waals surface area contributed by atoms with Crippen molar-refractivity contribution in [2.24, 2.45) is 0 Å². The van der Waals surface area contributed by atoms with Crippen molar-refractivity contribution in [3.63, 3.8) is 0 Å². The summed E-state index contributed by atoms with van der Waals surface area (Å²) in [5, 5.41) is 9.03.